The predicted molar refractivity (Wildman–Crippen MR) is 55.7 cm³/mol. The Morgan fingerprint density at radius 2 is 1.69 bits per heavy atom. The second-order valence-electron chi connectivity index (χ2n) is 4.56. The van der Waals surface area contributed by atoms with E-state index >= 15 is 0 Å². The zero-order valence-corrected chi connectivity index (χ0v) is 8.54. The van der Waals surface area contributed by atoms with Crippen LogP contribution < -0.4 is 5.73 Å². The molecular weight excluding hydrogens is 160 g/mol. The van der Waals surface area contributed by atoms with Crippen LogP contribution in [0, 0.1) is 0 Å². The third kappa shape index (κ3) is 2.05. The van der Waals surface area contributed by atoms with Crippen molar-refractivity contribution in [2.24, 2.45) is 5.73 Å². The fraction of sp³-hybridized carbons (Fsp3) is 1.00. The van der Waals surface area contributed by atoms with Crippen molar-refractivity contribution in [3.05, 3.63) is 0 Å². The second-order valence-corrected chi connectivity index (χ2v) is 4.56. The van der Waals surface area contributed by atoms with Crippen LogP contribution in [0.2, 0.25) is 0 Å². The Morgan fingerprint density at radius 1 is 1.00 bits per heavy atom. The standard InChI is InChI=1S/C11H22N2/c12-9-11-7-3-4-8-13(11)10-5-1-2-6-10/h10-11H,1-9,12H2. The molecule has 76 valence electrons. The lowest BCUT2D eigenvalue weighted by Gasteiger charge is -2.39. The molecule has 0 spiro atoms. The summed E-state index contributed by atoms with van der Waals surface area (Å²) < 4.78 is 0. The molecule has 2 nitrogen and oxygen atoms in total. The summed E-state index contributed by atoms with van der Waals surface area (Å²) >= 11 is 0. The highest BCUT2D eigenvalue weighted by atomic mass is 15.2. The fourth-order valence-electron chi connectivity index (χ4n) is 2.99. The van der Waals surface area contributed by atoms with Crippen molar-refractivity contribution in [1.82, 2.24) is 4.90 Å². The highest BCUT2D eigenvalue weighted by Gasteiger charge is 2.29. The fourth-order valence-corrected chi connectivity index (χ4v) is 2.99. The molecule has 1 unspecified atom stereocenters. The molecule has 13 heavy (non-hydrogen) atoms. The van der Waals surface area contributed by atoms with Crippen LogP contribution in [0.15, 0.2) is 0 Å². The highest BCUT2D eigenvalue weighted by Crippen LogP contribution is 2.28. The first-order chi connectivity index (χ1) is 6.42. The normalized spacial score (nSPS) is 32.5. The zero-order valence-electron chi connectivity index (χ0n) is 8.54. The van der Waals surface area contributed by atoms with Gasteiger partial charge in [-0.2, -0.15) is 0 Å². The number of nitrogens with two attached hydrogens (primary N) is 1. The Balaban J connectivity index is 1.93. The van der Waals surface area contributed by atoms with Gasteiger partial charge in [-0.1, -0.05) is 19.3 Å². The molecule has 1 heterocycles. The summed E-state index contributed by atoms with van der Waals surface area (Å²) in [6.45, 7) is 2.18. The highest BCUT2D eigenvalue weighted by molar-refractivity contribution is 4.85. The minimum absolute atomic E-state index is 0.705. The second kappa shape index (κ2) is 4.43. The van der Waals surface area contributed by atoms with E-state index < -0.39 is 0 Å². The Kier molecular flexibility index (Phi) is 3.23. The van der Waals surface area contributed by atoms with E-state index in [1.54, 1.807) is 0 Å². The van der Waals surface area contributed by atoms with E-state index in [1.165, 1.54) is 51.5 Å². The molecule has 2 rings (SSSR count). The summed E-state index contributed by atoms with van der Waals surface area (Å²) in [6.07, 6.45) is 9.87. The van der Waals surface area contributed by atoms with Crippen LogP contribution in [0.5, 0.6) is 0 Å². The van der Waals surface area contributed by atoms with Crippen LogP contribution in [-0.2, 0) is 0 Å². The van der Waals surface area contributed by atoms with Crippen molar-refractivity contribution in [1.29, 1.82) is 0 Å². The summed E-state index contributed by atoms with van der Waals surface area (Å²) in [7, 11) is 0. The molecule has 2 fully saturated rings. The van der Waals surface area contributed by atoms with Crippen LogP contribution in [0.1, 0.15) is 44.9 Å². The summed E-state index contributed by atoms with van der Waals surface area (Å²) in [5.41, 5.74) is 5.82. The summed E-state index contributed by atoms with van der Waals surface area (Å²) in [6, 6.07) is 1.59. The summed E-state index contributed by atoms with van der Waals surface area (Å²) in [5, 5.41) is 0. The molecule has 2 aliphatic rings. The topological polar surface area (TPSA) is 29.3 Å². The first-order valence-electron chi connectivity index (χ1n) is 5.87. The number of piperidine rings is 1. The van der Waals surface area contributed by atoms with E-state index in [9.17, 15) is 0 Å². The summed E-state index contributed by atoms with van der Waals surface area (Å²) in [5.74, 6) is 0. The SMILES string of the molecule is NCC1CCCCN1C1CCCC1. The van der Waals surface area contributed by atoms with Crippen LogP contribution >= 0.6 is 0 Å². The molecule has 0 aromatic heterocycles. The number of nitrogens with zero attached hydrogens (tertiary/aromatic N) is 1. The first-order valence-corrected chi connectivity index (χ1v) is 5.87. The Morgan fingerprint density at radius 3 is 2.38 bits per heavy atom. The van der Waals surface area contributed by atoms with E-state index in [0.717, 1.165) is 12.6 Å². The van der Waals surface area contributed by atoms with Crippen molar-refractivity contribution in [2.75, 3.05) is 13.1 Å². The van der Waals surface area contributed by atoms with Gasteiger partial charge in [-0.3, -0.25) is 4.90 Å². The molecule has 0 amide bonds. The van der Waals surface area contributed by atoms with Crippen LogP contribution in [0.25, 0.3) is 0 Å². The minimum Gasteiger partial charge on any atom is -0.329 e. The lowest BCUT2D eigenvalue weighted by atomic mass is 9.99. The average molecular weight is 182 g/mol. The van der Waals surface area contributed by atoms with Gasteiger partial charge in [-0.05, 0) is 32.2 Å². The van der Waals surface area contributed by atoms with Gasteiger partial charge in [0.25, 0.3) is 0 Å². The lowest BCUT2D eigenvalue weighted by Crippen LogP contribution is -2.48. The Bertz CT molecular complexity index is 150. The van der Waals surface area contributed by atoms with Crippen molar-refractivity contribution < 1.29 is 0 Å². The maximum absolute atomic E-state index is 5.82. The molecule has 1 saturated carbocycles. The van der Waals surface area contributed by atoms with Crippen LogP contribution in [-0.4, -0.2) is 30.1 Å². The quantitative estimate of drug-likeness (QED) is 0.705. The molecule has 0 radical (unpaired) electrons. The number of rotatable bonds is 2. The van der Waals surface area contributed by atoms with Gasteiger partial charge in [0.1, 0.15) is 0 Å². The molecular formula is C11H22N2. The monoisotopic (exact) mass is 182 g/mol. The first kappa shape index (κ1) is 9.47. The van der Waals surface area contributed by atoms with Crippen molar-refractivity contribution in [2.45, 2.75) is 57.0 Å². The Labute approximate surface area is 81.5 Å². The van der Waals surface area contributed by atoms with Gasteiger partial charge in [-0.15, -0.1) is 0 Å². The van der Waals surface area contributed by atoms with Crippen molar-refractivity contribution >= 4 is 0 Å². The molecule has 0 bridgehead atoms. The van der Waals surface area contributed by atoms with E-state index in [2.05, 4.69) is 4.90 Å². The molecule has 0 aromatic rings. The van der Waals surface area contributed by atoms with Crippen LogP contribution in [0.4, 0.5) is 0 Å². The maximum Gasteiger partial charge on any atom is 0.0221 e. The van der Waals surface area contributed by atoms with Gasteiger partial charge < -0.3 is 5.73 Å². The van der Waals surface area contributed by atoms with Gasteiger partial charge in [0.15, 0.2) is 0 Å². The molecule has 2 N–H and O–H groups in total. The predicted octanol–water partition coefficient (Wildman–Crippen LogP) is 1.74. The van der Waals surface area contributed by atoms with Gasteiger partial charge in [0, 0.05) is 18.6 Å². The van der Waals surface area contributed by atoms with Gasteiger partial charge in [0.05, 0.1) is 0 Å². The number of hydrogen-bond donors (Lipinski definition) is 1. The van der Waals surface area contributed by atoms with E-state index in [1.807, 2.05) is 0 Å². The largest absolute Gasteiger partial charge is 0.329 e. The number of hydrogen-bond acceptors (Lipinski definition) is 2. The van der Waals surface area contributed by atoms with Gasteiger partial charge in [0.2, 0.25) is 0 Å². The molecule has 2 heteroatoms. The lowest BCUT2D eigenvalue weighted by molar-refractivity contribution is 0.102. The maximum atomic E-state index is 5.82. The van der Waals surface area contributed by atoms with E-state index in [0.29, 0.717) is 6.04 Å². The third-order valence-corrected chi connectivity index (χ3v) is 3.74. The molecule has 1 atom stereocenters. The van der Waals surface area contributed by atoms with Gasteiger partial charge in [-0.25, -0.2) is 0 Å². The average Bonchev–Trinajstić information content (AvgIpc) is 2.70. The molecule has 0 aromatic carbocycles. The van der Waals surface area contributed by atoms with Gasteiger partial charge >= 0.3 is 0 Å². The molecule has 1 aliphatic heterocycles. The van der Waals surface area contributed by atoms with Crippen LogP contribution in [0.3, 0.4) is 0 Å². The Hall–Kier alpha value is -0.0800. The third-order valence-electron chi connectivity index (χ3n) is 3.74. The zero-order chi connectivity index (χ0) is 9.10. The summed E-state index contributed by atoms with van der Waals surface area (Å²) in [4.78, 5) is 2.70. The van der Waals surface area contributed by atoms with E-state index in [-0.39, 0.29) is 0 Å². The minimum atomic E-state index is 0.705. The van der Waals surface area contributed by atoms with Crippen molar-refractivity contribution in [3.8, 4) is 0 Å². The smallest absolute Gasteiger partial charge is 0.0221 e. The van der Waals surface area contributed by atoms with Crippen molar-refractivity contribution in [3.63, 3.8) is 0 Å². The molecule has 1 aliphatic carbocycles. The van der Waals surface area contributed by atoms with E-state index in [4.69, 9.17) is 5.73 Å². The molecule has 1 saturated heterocycles. The number of likely N-dealkylation sites (tertiary alicyclic amines) is 1.